The summed E-state index contributed by atoms with van der Waals surface area (Å²) in [6, 6.07) is 17.5. The largest absolute Gasteiger partial charge is 0.465 e. The smallest absolute Gasteiger partial charge is 0.411 e. The normalized spacial score (nSPS) is 11.5. The molecule has 6 heteroatoms. The molecule has 1 atom stereocenters. The lowest BCUT2D eigenvalue weighted by molar-refractivity contribution is -0.144. The first-order valence-corrected chi connectivity index (χ1v) is 8.44. The fourth-order valence-corrected chi connectivity index (χ4v) is 2.51. The van der Waals surface area contributed by atoms with Gasteiger partial charge in [0.25, 0.3) is 0 Å². The summed E-state index contributed by atoms with van der Waals surface area (Å²) in [6.45, 7) is 1.33. The van der Waals surface area contributed by atoms with E-state index in [4.69, 9.17) is 9.47 Å². The van der Waals surface area contributed by atoms with E-state index >= 15 is 0 Å². The van der Waals surface area contributed by atoms with E-state index in [0.29, 0.717) is 5.56 Å². The predicted octanol–water partition coefficient (Wildman–Crippen LogP) is 2.92. The molecule has 0 aliphatic heterocycles. The molecular formula is C20H23NO5. The van der Waals surface area contributed by atoms with Gasteiger partial charge in [0.1, 0.15) is 13.2 Å². The Labute approximate surface area is 153 Å². The third kappa shape index (κ3) is 5.60. The van der Waals surface area contributed by atoms with Crippen LogP contribution in [0.4, 0.5) is 4.79 Å². The minimum atomic E-state index is -0.705. The number of hydrogen-bond acceptors (Lipinski definition) is 5. The van der Waals surface area contributed by atoms with Crippen molar-refractivity contribution in [1.29, 1.82) is 0 Å². The van der Waals surface area contributed by atoms with Gasteiger partial charge in [0.05, 0.1) is 19.3 Å². The third-order valence-electron chi connectivity index (χ3n) is 3.78. The molecule has 26 heavy (non-hydrogen) atoms. The molecule has 0 radical (unpaired) electrons. The van der Waals surface area contributed by atoms with Gasteiger partial charge in [-0.1, -0.05) is 60.7 Å². The van der Waals surface area contributed by atoms with Crippen LogP contribution in [0.3, 0.4) is 0 Å². The molecule has 0 saturated carbocycles. The summed E-state index contributed by atoms with van der Waals surface area (Å²) >= 11 is 0. The van der Waals surface area contributed by atoms with Crippen LogP contribution in [0.15, 0.2) is 60.7 Å². The zero-order chi connectivity index (χ0) is 18.8. The highest BCUT2D eigenvalue weighted by Crippen LogP contribution is 2.21. The fraction of sp³-hybridized carbons (Fsp3) is 0.300. The van der Waals surface area contributed by atoms with E-state index in [1.807, 2.05) is 36.4 Å². The first-order chi connectivity index (χ1) is 12.7. The molecule has 0 saturated heterocycles. The molecule has 6 nitrogen and oxygen atoms in total. The van der Waals surface area contributed by atoms with Gasteiger partial charge in [0, 0.05) is 0 Å². The highest BCUT2D eigenvalue weighted by atomic mass is 16.6. The van der Waals surface area contributed by atoms with Crippen molar-refractivity contribution in [2.75, 3.05) is 19.8 Å². The van der Waals surface area contributed by atoms with Gasteiger partial charge in [-0.15, -0.1) is 0 Å². The van der Waals surface area contributed by atoms with Gasteiger partial charge in [-0.3, -0.25) is 9.69 Å². The lowest BCUT2D eigenvalue weighted by Gasteiger charge is -2.29. The molecule has 0 bridgehead atoms. The molecule has 0 aliphatic carbocycles. The predicted molar refractivity (Wildman–Crippen MR) is 96.2 cm³/mol. The van der Waals surface area contributed by atoms with Crippen LogP contribution in [-0.2, 0) is 20.9 Å². The Morgan fingerprint density at radius 2 is 1.62 bits per heavy atom. The second-order valence-electron chi connectivity index (χ2n) is 5.58. The lowest BCUT2D eigenvalue weighted by atomic mass is 10.1. The lowest BCUT2D eigenvalue weighted by Crippen LogP contribution is -2.41. The average Bonchev–Trinajstić information content (AvgIpc) is 2.68. The van der Waals surface area contributed by atoms with Gasteiger partial charge in [0.15, 0.2) is 0 Å². The monoisotopic (exact) mass is 357 g/mol. The standard InChI is InChI=1S/C20H23NO5/c1-2-25-19(23)13-21(18(14-22)17-11-7-4-8-12-17)20(24)26-15-16-9-5-3-6-10-16/h3-12,18,22H,2,13-15H2,1H3/t18-/m0/s1. The number of nitrogens with zero attached hydrogens (tertiary/aromatic N) is 1. The number of carbonyl (C=O) groups is 2. The van der Waals surface area contributed by atoms with Crippen molar-refractivity contribution in [3.05, 3.63) is 71.8 Å². The number of amides is 1. The Hall–Kier alpha value is -2.86. The zero-order valence-corrected chi connectivity index (χ0v) is 14.7. The van der Waals surface area contributed by atoms with Crippen molar-refractivity contribution < 1.29 is 24.2 Å². The van der Waals surface area contributed by atoms with E-state index in [1.165, 1.54) is 4.90 Å². The number of carbonyl (C=O) groups excluding carboxylic acids is 2. The Balaban J connectivity index is 2.15. The number of ether oxygens (including phenoxy) is 2. The molecule has 2 aromatic rings. The van der Waals surface area contributed by atoms with Crippen LogP contribution in [0.25, 0.3) is 0 Å². The van der Waals surface area contributed by atoms with E-state index in [0.717, 1.165) is 5.56 Å². The molecule has 0 aromatic heterocycles. The van der Waals surface area contributed by atoms with Crippen molar-refractivity contribution in [1.82, 2.24) is 4.90 Å². The minimum Gasteiger partial charge on any atom is -0.465 e. The topological polar surface area (TPSA) is 76.1 Å². The van der Waals surface area contributed by atoms with Crippen molar-refractivity contribution in [3.8, 4) is 0 Å². The fourth-order valence-electron chi connectivity index (χ4n) is 2.51. The van der Waals surface area contributed by atoms with Crippen molar-refractivity contribution in [2.45, 2.75) is 19.6 Å². The number of benzene rings is 2. The molecule has 0 aliphatic rings. The van der Waals surface area contributed by atoms with Crippen LogP contribution in [-0.4, -0.2) is 41.8 Å². The third-order valence-corrected chi connectivity index (χ3v) is 3.78. The van der Waals surface area contributed by atoms with E-state index in [-0.39, 0.29) is 26.4 Å². The van der Waals surface area contributed by atoms with Crippen LogP contribution in [0, 0.1) is 0 Å². The van der Waals surface area contributed by atoms with Gasteiger partial charge in [-0.25, -0.2) is 4.79 Å². The number of aliphatic hydroxyl groups excluding tert-OH is 1. The second-order valence-corrected chi connectivity index (χ2v) is 5.58. The molecule has 0 spiro atoms. The second kappa shape index (κ2) is 10.2. The number of rotatable bonds is 8. The summed E-state index contributed by atoms with van der Waals surface area (Å²) in [5.74, 6) is -0.557. The van der Waals surface area contributed by atoms with Crippen LogP contribution >= 0.6 is 0 Å². The van der Waals surface area contributed by atoms with E-state index in [2.05, 4.69) is 0 Å². The van der Waals surface area contributed by atoms with E-state index in [1.54, 1.807) is 31.2 Å². The molecule has 0 heterocycles. The summed E-state index contributed by atoms with van der Waals surface area (Å²) in [6.07, 6.45) is -0.690. The first kappa shape index (κ1) is 19.5. The van der Waals surface area contributed by atoms with Crippen molar-refractivity contribution in [3.63, 3.8) is 0 Å². The van der Waals surface area contributed by atoms with Crippen molar-refractivity contribution >= 4 is 12.1 Å². The molecule has 138 valence electrons. The molecule has 1 N–H and O–H groups in total. The van der Waals surface area contributed by atoms with Gasteiger partial charge < -0.3 is 14.6 Å². The highest BCUT2D eigenvalue weighted by molar-refractivity contribution is 5.78. The number of hydrogen-bond donors (Lipinski definition) is 1. The van der Waals surface area contributed by atoms with Gasteiger partial charge in [-0.05, 0) is 18.1 Å². The minimum absolute atomic E-state index is 0.0753. The number of aliphatic hydroxyl groups is 1. The molecular weight excluding hydrogens is 334 g/mol. The molecule has 2 aromatic carbocycles. The van der Waals surface area contributed by atoms with Crippen LogP contribution in [0.5, 0.6) is 0 Å². The molecule has 0 fully saturated rings. The molecule has 0 unspecified atom stereocenters. The van der Waals surface area contributed by atoms with Gasteiger partial charge in [-0.2, -0.15) is 0 Å². The molecule has 2 rings (SSSR count). The van der Waals surface area contributed by atoms with Gasteiger partial charge in [0.2, 0.25) is 0 Å². The van der Waals surface area contributed by atoms with E-state index in [9.17, 15) is 14.7 Å². The average molecular weight is 357 g/mol. The maximum absolute atomic E-state index is 12.6. The summed E-state index contributed by atoms with van der Waals surface area (Å²) in [5.41, 5.74) is 1.54. The molecule has 1 amide bonds. The Bertz CT molecular complexity index is 690. The van der Waals surface area contributed by atoms with Crippen LogP contribution < -0.4 is 0 Å². The summed E-state index contributed by atoms with van der Waals surface area (Å²) in [4.78, 5) is 25.7. The first-order valence-electron chi connectivity index (χ1n) is 8.44. The Morgan fingerprint density at radius 1 is 1.00 bits per heavy atom. The Morgan fingerprint density at radius 3 is 2.19 bits per heavy atom. The summed E-state index contributed by atoms with van der Waals surface area (Å²) in [7, 11) is 0. The van der Waals surface area contributed by atoms with Crippen LogP contribution in [0.1, 0.15) is 24.1 Å². The maximum Gasteiger partial charge on any atom is 0.411 e. The maximum atomic E-state index is 12.6. The summed E-state index contributed by atoms with van der Waals surface area (Å²) < 4.78 is 10.3. The summed E-state index contributed by atoms with van der Waals surface area (Å²) in [5, 5.41) is 9.83. The van der Waals surface area contributed by atoms with Crippen molar-refractivity contribution in [2.24, 2.45) is 0 Å². The van der Waals surface area contributed by atoms with Crippen LogP contribution in [0.2, 0.25) is 0 Å². The SMILES string of the molecule is CCOC(=O)CN(C(=O)OCc1ccccc1)[C@@H](CO)c1ccccc1. The van der Waals surface area contributed by atoms with E-state index < -0.39 is 18.1 Å². The number of esters is 1. The highest BCUT2D eigenvalue weighted by Gasteiger charge is 2.28. The van der Waals surface area contributed by atoms with Gasteiger partial charge >= 0.3 is 12.1 Å². The Kier molecular flexibility index (Phi) is 7.64. The quantitative estimate of drug-likeness (QED) is 0.735. The zero-order valence-electron chi connectivity index (χ0n) is 14.7.